The summed E-state index contributed by atoms with van der Waals surface area (Å²) < 4.78 is 6.81. The minimum Gasteiger partial charge on any atom is -0.432 e. The fourth-order valence-electron chi connectivity index (χ4n) is 7.75. The SMILES string of the molecule is C[C@@H]1[C@@H]([Si](C)(C)O)[C@H](CC(=O)N2CCC[C@H]2CO)O[C@@]12C(=O)N(Cc1cccc(NC(=O)c3ccccc3)c1)c1ccccc12. The Morgan fingerprint density at radius 2 is 1.78 bits per heavy atom. The van der Waals surface area contributed by atoms with Crippen molar-refractivity contribution in [3.63, 3.8) is 0 Å². The molecule has 236 valence electrons. The Labute approximate surface area is 264 Å². The fraction of sp³-hybridized carbons (Fsp3) is 0.400. The third kappa shape index (κ3) is 5.61. The fourth-order valence-corrected chi connectivity index (χ4v) is 10.3. The molecule has 3 heterocycles. The van der Waals surface area contributed by atoms with Crippen LogP contribution in [0.2, 0.25) is 18.6 Å². The van der Waals surface area contributed by atoms with E-state index >= 15 is 0 Å². The van der Waals surface area contributed by atoms with Crippen LogP contribution in [0, 0.1) is 5.92 Å². The van der Waals surface area contributed by atoms with Crippen LogP contribution in [0.25, 0.3) is 0 Å². The van der Waals surface area contributed by atoms with Gasteiger partial charge in [0.05, 0.1) is 37.4 Å². The van der Waals surface area contributed by atoms with Crippen molar-refractivity contribution in [2.75, 3.05) is 23.4 Å². The highest BCUT2D eigenvalue weighted by Crippen LogP contribution is 2.59. The van der Waals surface area contributed by atoms with Crippen molar-refractivity contribution in [1.82, 2.24) is 4.90 Å². The number of hydrogen-bond donors (Lipinski definition) is 3. The quantitative estimate of drug-likeness (QED) is 0.313. The van der Waals surface area contributed by atoms with Crippen LogP contribution in [0.4, 0.5) is 11.4 Å². The van der Waals surface area contributed by atoms with E-state index in [1.165, 1.54) is 0 Å². The number of nitrogens with one attached hydrogen (secondary N) is 1. The molecule has 5 atom stereocenters. The van der Waals surface area contributed by atoms with Gasteiger partial charge in [0.2, 0.25) is 5.91 Å². The molecule has 2 saturated heterocycles. The highest BCUT2D eigenvalue weighted by Gasteiger charge is 2.66. The Kier molecular flexibility index (Phi) is 8.42. The van der Waals surface area contributed by atoms with E-state index in [0.29, 0.717) is 17.8 Å². The summed E-state index contributed by atoms with van der Waals surface area (Å²) in [6.07, 6.45) is 0.996. The zero-order valence-electron chi connectivity index (χ0n) is 26.0. The summed E-state index contributed by atoms with van der Waals surface area (Å²) in [7, 11) is -2.93. The number of para-hydroxylation sites is 1. The van der Waals surface area contributed by atoms with Gasteiger partial charge in [0.15, 0.2) is 13.9 Å². The first-order valence-corrected chi connectivity index (χ1v) is 18.7. The highest BCUT2D eigenvalue weighted by atomic mass is 28.4. The molecule has 0 unspecified atom stereocenters. The lowest BCUT2D eigenvalue weighted by Crippen LogP contribution is -2.46. The van der Waals surface area contributed by atoms with Crippen LogP contribution in [0.3, 0.4) is 0 Å². The van der Waals surface area contributed by atoms with Crippen molar-refractivity contribution in [2.24, 2.45) is 5.92 Å². The van der Waals surface area contributed by atoms with E-state index in [-0.39, 0.29) is 54.8 Å². The third-order valence-corrected chi connectivity index (χ3v) is 12.2. The zero-order chi connectivity index (χ0) is 31.9. The Hall–Kier alpha value is -3.83. The van der Waals surface area contributed by atoms with Gasteiger partial charge in [0.1, 0.15) is 0 Å². The monoisotopic (exact) mass is 627 g/mol. The van der Waals surface area contributed by atoms with Crippen LogP contribution in [-0.4, -0.2) is 66.1 Å². The molecule has 3 aliphatic rings. The van der Waals surface area contributed by atoms with Gasteiger partial charge in [-0.05, 0) is 61.8 Å². The molecule has 2 fully saturated rings. The van der Waals surface area contributed by atoms with E-state index in [1.54, 1.807) is 21.9 Å². The summed E-state index contributed by atoms with van der Waals surface area (Å²) in [5.74, 6) is -0.940. The smallest absolute Gasteiger partial charge is 0.264 e. The second-order valence-corrected chi connectivity index (χ2v) is 17.0. The second-order valence-electron chi connectivity index (χ2n) is 13.1. The van der Waals surface area contributed by atoms with Gasteiger partial charge in [0, 0.05) is 34.8 Å². The van der Waals surface area contributed by atoms with Gasteiger partial charge in [-0.15, -0.1) is 0 Å². The van der Waals surface area contributed by atoms with E-state index in [0.717, 1.165) is 29.7 Å². The maximum Gasteiger partial charge on any atom is 0.264 e. The molecule has 9 nitrogen and oxygen atoms in total. The number of fused-ring (bicyclic) bond motifs is 2. The molecule has 3 aromatic carbocycles. The molecule has 0 saturated carbocycles. The summed E-state index contributed by atoms with van der Waals surface area (Å²) in [5, 5.41) is 12.8. The predicted molar refractivity (Wildman–Crippen MR) is 174 cm³/mol. The van der Waals surface area contributed by atoms with E-state index in [2.05, 4.69) is 5.32 Å². The lowest BCUT2D eigenvalue weighted by molar-refractivity contribution is -0.150. The van der Waals surface area contributed by atoms with E-state index in [9.17, 15) is 24.3 Å². The van der Waals surface area contributed by atoms with Crippen LogP contribution < -0.4 is 10.2 Å². The first-order valence-electron chi connectivity index (χ1n) is 15.7. The van der Waals surface area contributed by atoms with Gasteiger partial charge in [-0.25, -0.2) is 0 Å². The van der Waals surface area contributed by atoms with Crippen molar-refractivity contribution >= 4 is 37.4 Å². The summed E-state index contributed by atoms with van der Waals surface area (Å²) in [5.41, 5.74) is 1.76. The van der Waals surface area contributed by atoms with Crippen LogP contribution in [0.15, 0.2) is 78.9 Å². The topological polar surface area (TPSA) is 119 Å². The van der Waals surface area contributed by atoms with Gasteiger partial charge >= 0.3 is 0 Å². The van der Waals surface area contributed by atoms with E-state index in [1.807, 2.05) is 86.7 Å². The van der Waals surface area contributed by atoms with Crippen LogP contribution in [0.1, 0.15) is 47.7 Å². The average Bonchev–Trinajstić information content (AvgIpc) is 3.68. The standard InChI is InChI=1S/C35H41N3O6Si/c1-23-32(45(2,3)43)30(20-31(40)37-18-10-15-27(37)22-39)44-35(23)28-16-7-8-17-29(28)38(34(35)42)21-24-11-9-14-26(19-24)36-33(41)25-12-5-4-6-13-25/h4-9,11-14,16-17,19,23,27,30,32,39,43H,10,15,18,20-22H2,1-3H3,(H,36,41)/t23-,27+,30+,32-,35+/m1/s1. The summed E-state index contributed by atoms with van der Waals surface area (Å²) in [6.45, 7) is 6.41. The Bertz CT molecular complexity index is 1590. The van der Waals surface area contributed by atoms with Crippen molar-refractivity contribution in [3.8, 4) is 0 Å². The van der Waals surface area contributed by atoms with Gasteiger partial charge in [-0.2, -0.15) is 0 Å². The van der Waals surface area contributed by atoms with Crippen molar-refractivity contribution in [1.29, 1.82) is 0 Å². The molecular formula is C35H41N3O6Si. The van der Waals surface area contributed by atoms with E-state index in [4.69, 9.17) is 4.74 Å². The van der Waals surface area contributed by atoms with Crippen molar-refractivity contribution in [2.45, 2.75) is 69.1 Å². The Balaban J connectivity index is 1.29. The average molecular weight is 628 g/mol. The minimum absolute atomic E-state index is 0.0445. The lowest BCUT2D eigenvalue weighted by Gasteiger charge is -2.32. The molecular weight excluding hydrogens is 586 g/mol. The number of carbonyl (C=O) groups is 3. The molecule has 0 aliphatic carbocycles. The summed E-state index contributed by atoms with van der Waals surface area (Å²) in [4.78, 5) is 55.9. The first-order chi connectivity index (χ1) is 21.5. The van der Waals surface area contributed by atoms with Crippen LogP contribution in [-0.2, 0) is 26.5 Å². The molecule has 3 aliphatic heterocycles. The number of amides is 3. The first kappa shape index (κ1) is 31.2. The molecule has 6 rings (SSSR count). The highest BCUT2D eigenvalue weighted by molar-refractivity contribution is 6.71. The minimum atomic E-state index is -2.93. The molecule has 10 heteroatoms. The number of ether oxygens (including phenoxy) is 1. The number of carbonyl (C=O) groups excluding carboxylic acids is 3. The Morgan fingerprint density at radius 3 is 2.51 bits per heavy atom. The molecule has 45 heavy (non-hydrogen) atoms. The van der Waals surface area contributed by atoms with Crippen molar-refractivity contribution < 1.29 is 29.0 Å². The molecule has 1 spiro atoms. The zero-order valence-corrected chi connectivity index (χ0v) is 27.0. The predicted octanol–water partition coefficient (Wildman–Crippen LogP) is 4.66. The molecule has 3 aromatic rings. The van der Waals surface area contributed by atoms with Gasteiger partial charge in [-0.1, -0.05) is 55.5 Å². The van der Waals surface area contributed by atoms with Gasteiger partial charge < -0.3 is 29.8 Å². The number of rotatable bonds is 8. The van der Waals surface area contributed by atoms with Crippen LogP contribution in [0.5, 0.6) is 0 Å². The lowest BCUT2D eigenvalue weighted by atomic mass is 9.82. The number of anilines is 2. The molecule has 3 amide bonds. The maximum absolute atomic E-state index is 14.6. The number of nitrogens with zero attached hydrogens (tertiary/aromatic N) is 2. The number of aliphatic hydroxyl groups is 1. The van der Waals surface area contributed by atoms with Crippen LogP contribution >= 0.6 is 0 Å². The summed E-state index contributed by atoms with van der Waals surface area (Å²) in [6, 6.07) is 23.8. The normalized spacial score (nSPS) is 26.0. The number of hydrogen-bond acceptors (Lipinski definition) is 6. The van der Waals surface area contributed by atoms with Gasteiger partial charge in [0.25, 0.3) is 11.8 Å². The molecule has 0 bridgehead atoms. The molecule has 0 aromatic heterocycles. The third-order valence-electron chi connectivity index (χ3n) is 9.74. The maximum atomic E-state index is 14.6. The second kappa shape index (κ2) is 12.2. The Morgan fingerprint density at radius 1 is 1.04 bits per heavy atom. The van der Waals surface area contributed by atoms with Gasteiger partial charge in [-0.3, -0.25) is 14.4 Å². The molecule has 0 radical (unpaired) electrons. The van der Waals surface area contributed by atoms with E-state index < -0.39 is 20.0 Å². The largest absolute Gasteiger partial charge is 0.432 e. The molecule has 3 N–H and O–H groups in total. The number of aliphatic hydroxyl groups excluding tert-OH is 1. The summed E-state index contributed by atoms with van der Waals surface area (Å²) >= 11 is 0. The number of likely N-dealkylation sites (tertiary alicyclic amines) is 1. The van der Waals surface area contributed by atoms with Crippen molar-refractivity contribution in [3.05, 3.63) is 95.6 Å². The number of benzene rings is 3.